The monoisotopic (exact) mass is 411 g/mol. The minimum atomic E-state index is -3.15. The van der Waals surface area contributed by atoms with Gasteiger partial charge in [-0.05, 0) is 44.1 Å². The second-order valence-electron chi connectivity index (χ2n) is 7.48. The molecule has 0 aromatic carbocycles. The number of aliphatic hydroxyl groups is 1. The van der Waals surface area contributed by atoms with Gasteiger partial charge in [0.15, 0.2) is 0 Å². The topological polar surface area (TPSA) is 82.5 Å². The lowest BCUT2D eigenvalue weighted by Crippen LogP contribution is -2.27. The maximum atomic E-state index is 11.6. The highest BCUT2D eigenvalue weighted by atomic mass is 35.5. The van der Waals surface area contributed by atoms with Crippen LogP contribution in [0.25, 0.3) is 0 Å². The highest BCUT2D eigenvalue weighted by Crippen LogP contribution is 2.26. The normalized spacial score (nSPS) is 26.4. The first-order valence-corrected chi connectivity index (χ1v) is 11.6. The Labute approximate surface area is 166 Å². The molecule has 0 radical (unpaired) electrons. The Bertz CT molecular complexity index is 826. The summed E-state index contributed by atoms with van der Waals surface area (Å²) in [5.41, 5.74) is 1.62. The van der Waals surface area contributed by atoms with Crippen LogP contribution in [0.15, 0.2) is 12.3 Å². The summed E-state index contributed by atoms with van der Waals surface area (Å²) in [4.78, 5) is 4.13. The molecule has 1 unspecified atom stereocenters. The van der Waals surface area contributed by atoms with Crippen molar-refractivity contribution in [3.05, 3.63) is 23.0 Å². The molecule has 3 rings (SSSR count). The molecule has 1 aliphatic carbocycles. The Hall–Kier alpha value is -1.33. The Morgan fingerprint density at radius 3 is 2.74 bits per heavy atom. The van der Waals surface area contributed by atoms with Gasteiger partial charge in [-0.15, -0.1) is 0 Å². The fourth-order valence-electron chi connectivity index (χ4n) is 3.61. The van der Waals surface area contributed by atoms with Crippen molar-refractivity contribution in [3.8, 4) is 11.8 Å². The Morgan fingerprint density at radius 2 is 2.07 bits per heavy atom. The van der Waals surface area contributed by atoms with Crippen LogP contribution in [0.5, 0.6) is 0 Å². The molecule has 6 nitrogen and oxygen atoms in total. The number of nitrogens with zero attached hydrogens (tertiary/aromatic N) is 2. The predicted octanol–water partition coefficient (Wildman–Crippen LogP) is 2.33. The highest BCUT2D eigenvalue weighted by molar-refractivity contribution is 7.88. The lowest BCUT2D eigenvalue weighted by molar-refractivity contribution is 0.111. The zero-order valence-corrected chi connectivity index (χ0v) is 17.1. The third-order valence-electron chi connectivity index (χ3n) is 5.30. The van der Waals surface area contributed by atoms with Crippen LogP contribution in [0, 0.1) is 23.7 Å². The number of sulfonamides is 1. The van der Waals surface area contributed by atoms with Crippen LogP contribution < -0.4 is 5.32 Å². The van der Waals surface area contributed by atoms with E-state index in [9.17, 15) is 13.5 Å². The summed E-state index contributed by atoms with van der Waals surface area (Å²) in [6.07, 6.45) is 7.21. The fourth-order valence-corrected chi connectivity index (χ4v) is 4.65. The quantitative estimate of drug-likeness (QED) is 0.587. The Kier molecular flexibility index (Phi) is 6.64. The first-order chi connectivity index (χ1) is 12.8. The van der Waals surface area contributed by atoms with E-state index in [1.807, 2.05) is 0 Å². The van der Waals surface area contributed by atoms with Crippen molar-refractivity contribution in [2.24, 2.45) is 11.8 Å². The van der Waals surface area contributed by atoms with Crippen molar-refractivity contribution in [1.29, 1.82) is 0 Å². The van der Waals surface area contributed by atoms with E-state index in [0.717, 1.165) is 49.9 Å². The summed E-state index contributed by atoms with van der Waals surface area (Å²) < 4.78 is 24.7. The SMILES string of the molecule is CS(=O)(=O)N1CCC(C#Cc2cnc(Cl)cc2NC[C@H]2CC[C@H](O)CC2)C1. The van der Waals surface area contributed by atoms with Gasteiger partial charge in [0.2, 0.25) is 10.0 Å². The molecule has 2 fully saturated rings. The lowest BCUT2D eigenvalue weighted by atomic mass is 9.87. The van der Waals surface area contributed by atoms with Gasteiger partial charge in [0.05, 0.1) is 23.6 Å². The molecule has 1 saturated carbocycles. The Morgan fingerprint density at radius 1 is 1.33 bits per heavy atom. The van der Waals surface area contributed by atoms with Crippen LogP contribution in [0.4, 0.5) is 5.69 Å². The molecule has 27 heavy (non-hydrogen) atoms. The van der Waals surface area contributed by atoms with Gasteiger partial charge in [-0.3, -0.25) is 0 Å². The van der Waals surface area contributed by atoms with Crippen molar-refractivity contribution in [2.75, 3.05) is 31.2 Å². The summed E-state index contributed by atoms with van der Waals surface area (Å²) in [6.45, 7) is 1.78. The van der Waals surface area contributed by atoms with Crippen molar-refractivity contribution in [3.63, 3.8) is 0 Å². The first kappa shape index (κ1) is 20.4. The highest BCUT2D eigenvalue weighted by Gasteiger charge is 2.27. The standard InChI is InChI=1S/C19H26ClN3O3S/c1-27(25,26)23-9-8-15(13-23)2-5-16-12-22-19(20)10-18(16)21-11-14-3-6-17(24)7-4-14/h10,12,14-15,17,24H,3-4,6-9,11,13H2,1H3,(H,21,22)/t14-,15?,17-. The largest absolute Gasteiger partial charge is 0.393 e. The maximum absolute atomic E-state index is 11.6. The molecule has 2 N–H and O–H groups in total. The van der Waals surface area contributed by atoms with Gasteiger partial charge in [0, 0.05) is 31.7 Å². The molecule has 1 aromatic heterocycles. The second kappa shape index (κ2) is 8.78. The number of halogens is 1. The van der Waals surface area contributed by atoms with Crippen molar-refractivity contribution in [2.45, 2.75) is 38.2 Å². The number of aliphatic hydroxyl groups excluding tert-OH is 1. The van der Waals surface area contributed by atoms with Crippen LogP contribution in [-0.2, 0) is 10.0 Å². The van der Waals surface area contributed by atoms with E-state index in [1.54, 1.807) is 12.3 Å². The average molecular weight is 412 g/mol. The van der Waals surface area contributed by atoms with E-state index < -0.39 is 10.0 Å². The average Bonchev–Trinajstić information content (AvgIpc) is 3.10. The zero-order chi connectivity index (χ0) is 19.4. The second-order valence-corrected chi connectivity index (χ2v) is 9.85. The molecule has 2 heterocycles. The molecular formula is C19H26ClN3O3S. The van der Waals surface area contributed by atoms with Crippen LogP contribution in [0.2, 0.25) is 5.15 Å². The van der Waals surface area contributed by atoms with E-state index in [2.05, 4.69) is 22.1 Å². The van der Waals surface area contributed by atoms with Crippen molar-refractivity contribution < 1.29 is 13.5 Å². The molecular weight excluding hydrogens is 386 g/mol. The molecule has 1 aromatic rings. The van der Waals surface area contributed by atoms with E-state index in [4.69, 9.17) is 11.6 Å². The van der Waals surface area contributed by atoms with Crippen LogP contribution in [-0.4, -0.2) is 54.8 Å². The molecule has 0 amide bonds. The minimum absolute atomic E-state index is 0.0306. The number of anilines is 1. The van der Waals surface area contributed by atoms with Gasteiger partial charge in [-0.2, -0.15) is 0 Å². The van der Waals surface area contributed by atoms with E-state index in [0.29, 0.717) is 24.2 Å². The van der Waals surface area contributed by atoms with Crippen molar-refractivity contribution >= 4 is 27.3 Å². The van der Waals surface area contributed by atoms with Crippen molar-refractivity contribution in [1.82, 2.24) is 9.29 Å². The number of pyridine rings is 1. The van der Waals surface area contributed by atoms with Gasteiger partial charge >= 0.3 is 0 Å². The summed E-state index contributed by atoms with van der Waals surface area (Å²) in [6, 6.07) is 1.78. The summed E-state index contributed by atoms with van der Waals surface area (Å²) in [5.74, 6) is 6.90. The number of rotatable bonds is 4. The molecule has 1 atom stereocenters. The third kappa shape index (κ3) is 5.82. The number of hydrogen-bond donors (Lipinski definition) is 2. The van der Waals surface area contributed by atoms with Crippen LogP contribution in [0.1, 0.15) is 37.7 Å². The maximum Gasteiger partial charge on any atom is 0.211 e. The number of nitrogens with one attached hydrogen (secondary N) is 1. The minimum Gasteiger partial charge on any atom is -0.393 e. The summed E-state index contributed by atoms with van der Waals surface area (Å²) in [5, 5.41) is 13.5. The molecule has 1 saturated heterocycles. The summed E-state index contributed by atoms with van der Waals surface area (Å²) in [7, 11) is -3.15. The first-order valence-electron chi connectivity index (χ1n) is 9.35. The molecule has 148 valence electrons. The number of hydrogen-bond acceptors (Lipinski definition) is 5. The van der Waals surface area contributed by atoms with E-state index >= 15 is 0 Å². The molecule has 2 aliphatic rings. The Balaban J connectivity index is 1.65. The van der Waals surface area contributed by atoms with Gasteiger partial charge in [-0.25, -0.2) is 17.7 Å². The zero-order valence-electron chi connectivity index (χ0n) is 15.5. The van der Waals surface area contributed by atoms with Gasteiger partial charge in [0.25, 0.3) is 0 Å². The summed E-state index contributed by atoms with van der Waals surface area (Å²) >= 11 is 6.05. The van der Waals surface area contributed by atoms with Gasteiger partial charge in [0.1, 0.15) is 5.15 Å². The smallest absolute Gasteiger partial charge is 0.211 e. The number of aromatic nitrogens is 1. The van der Waals surface area contributed by atoms with Crippen LogP contribution >= 0.6 is 11.6 Å². The fraction of sp³-hybridized carbons (Fsp3) is 0.632. The van der Waals surface area contributed by atoms with E-state index in [1.165, 1.54) is 10.6 Å². The predicted molar refractivity (Wildman–Crippen MR) is 107 cm³/mol. The van der Waals surface area contributed by atoms with Crippen LogP contribution in [0.3, 0.4) is 0 Å². The van der Waals surface area contributed by atoms with E-state index in [-0.39, 0.29) is 12.0 Å². The lowest BCUT2D eigenvalue weighted by Gasteiger charge is -2.26. The molecule has 0 spiro atoms. The van der Waals surface area contributed by atoms with Gasteiger partial charge < -0.3 is 10.4 Å². The molecule has 0 bridgehead atoms. The molecule has 8 heteroatoms. The third-order valence-corrected chi connectivity index (χ3v) is 6.78. The van der Waals surface area contributed by atoms with Gasteiger partial charge in [-0.1, -0.05) is 23.4 Å². The molecule has 1 aliphatic heterocycles.